The van der Waals surface area contributed by atoms with Crippen molar-refractivity contribution in [2.24, 2.45) is 4.99 Å². The molecule has 7 heteroatoms. The number of anilines is 1. The van der Waals surface area contributed by atoms with Crippen molar-refractivity contribution in [3.8, 4) is 0 Å². The predicted molar refractivity (Wildman–Crippen MR) is 112 cm³/mol. The SMILES string of the molecule is CC(C)S(=O)(=O)CCN=C(Nc1ccccc1)N1CCCCC1.I. The van der Waals surface area contributed by atoms with Gasteiger partial charge in [-0.3, -0.25) is 4.99 Å². The molecule has 2 rings (SSSR count). The van der Waals surface area contributed by atoms with E-state index in [-0.39, 0.29) is 35.0 Å². The molecular formula is C17H28IN3O2S. The van der Waals surface area contributed by atoms with Crippen LogP contribution in [-0.2, 0) is 9.84 Å². The highest BCUT2D eigenvalue weighted by atomic mass is 127. The molecule has 24 heavy (non-hydrogen) atoms. The lowest BCUT2D eigenvalue weighted by Gasteiger charge is -2.30. The fraction of sp³-hybridized carbons (Fsp3) is 0.588. The van der Waals surface area contributed by atoms with Crippen molar-refractivity contribution in [3.63, 3.8) is 0 Å². The first-order chi connectivity index (χ1) is 11.0. The first-order valence-corrected chi connectivity index (χ1v) is 10.0. The number of hydrogen-bond donors (Lipinski definition) is 1. The van der Waals surface area contributed by atoms with Crippen molar-refractivity contribution >= 4 is 45.5 Å². The van der Waals surface area contributed by atoms with Gasteiger partial charge in [-0.2, -0.15) is 0 Å². The van der Waals surface area contributed by atoms with Crippen LogP contribution in [0.2, 0.25) is 0 Å². The van der Waals surface area contributed by atoms with E-state index in [9.17, 15) is 8.42 Å². The lowest BCUT2D eigenvalue weighted by molar-refractivity contribution is 0.340. The van der Waals surface area contributed by atoms with E-state index in [1.807, 2.05) is 30.3 Å². The van der Waals surface area contributed by atoms with Gasteiger partial charge in [0.15, 0.2) is 15.8 Å². The molecular weight excluding hydrogens is 437 g/mol. The summed E-state index contributed by atoms with van der Waals surface area (Å²) in [6, 6.07) is 9.89. The fourth-order valence-corrected chi connectivity index (χ4v) is 3.31. The van der Waals surface area contributed by atoms with Crippen LogP contribution in [0.1, 0.15) is 33.1 Å². The number of hydrogen-bond acceptors (Lipinski definition) is 3. The third-order valence-electron chi connectivity index (χ3n) is 4.04. The molecule has 0 aromatic heterocycles. The fourth-order valence-electron chi connectivity index (χ4n) is 2.49. The Morgan fingerprint density at radius 2 is 1.79 bits per heavy atom. The molecule has 1 aromatic rings. The Labute approximate surface area is 162 Å². The molecule has 0 amide bonds. The molecule has 1 N–H and O–H groups in total. The van der Waals surface area contributed by atoms with Gasteiger partial charge in [-0.25, -0.2) is 8.42 Å². The molecule has 1 aliphatic heterocycles. The molecule has 0 aliphatic carbocycles. The Bertz CT molecular complexity index is 612. The van der Waals surface area contributed by atoms with Crippen molar-refractivity contribution in [3.05, 3.63) is 30.3 Å². The Hall–Kier alpha value is -0.830. The topological polar surface area (TPSA) is 61.8 Å². The van der Waals surface area contributed by atoms with Gasteiger partial charge in [-0.05, 0) is 45.2 Å². The van der Waals surface area contributed by atoms with Crippen LogP contribution >= 0.6 is 24.0 Å². The number of sulfone groups is 1. The van der Waals surface area contributed by atoms with Crippen LogP contribution in [0.25, 0.3) is 0 Å². The molecule has 1 aromatic carbocycles. The molecule has 0 radical (unpaired) electrons. The maximum absolute atomic E-state index is 11.9. The average molecular weight is 465 g/mol. The van der Waals surface area contributed by atoms with Crippen LogP contribution in [0.3, 0.4) is 0 Å². The number of piperidine rings is 1. The van der Waals surface area contributed by atoms with Crippen LogP contribution < -0.4 is 5.32 Å². The van der Waals surface area contributed by atoms with Gasteiger partial charge in [-0.1, -0.05) is 18.2 Å². The van der Waals surface area contributed by atoms with Crippen molar-refractivity contribution in [2.45, 2.75) is 38.4 Å². The molecule has 136 valence electrons. The van der Waals surface area contributed by atoms with E-state index < -0.39 is 9.84 Å². The summed E-state index contributed by atoms with van der Waals surface area (Å²) in [7, 11) is -3.05. The second kappa shape index (κ2) is 10.2. The number of halogens is 1. The summed E-state index contributed by atoms with van der Waals surface area (Å²) in [4.78, 5) is 6.78. The van der Waals surface area contributed by atoms with E-state index in [1.54, 1.807) is 13.8 Å². The highest BCUT2D eigenvalue weighted by Crippen LogP contribution is 2.13. The summed E-state index contributed by atoms with van der Waals surface area (Å²) in [6.45, 7) is 5.66. The van der Waals surface area contributed by atoms with E-state index >= 15 is 0 Å². The van der Waals surface area contributed by atoms with Crippen molar-refractivity contribution < 1.29 is 8.42 Å². The van der Waals surface area contributed by atoms with E-state index in [0.717, 1.165) is 37.6 Å². The molecule has 1 heterocycles. The maximum atomic E-state index is 11.9. The second-order valence-electron chi connectivity index (χ2n) is 6.16. The van der Waals surface area contributed by atoms with E-state index in [2.05, 4.69) is 15.2 Å². The van der Waals surface area contributed by atoms with Gasteiger partial charge in [0, 0.05) is 18.8 Å². The van der Waals surface area contributed by atoms with Gasteiger partial charge in [0.25, 0.3) is 0 Å². The van der Waals surface area contributed by atoms with Crippen LogP contribution in [0, 0.1) is 0 Å². The van der Waals surface area contributed by atoms with Gasteiger partial charge in [-0.15, -0.1) is 24.0 Å². The highest BCUT2D eigenvalue weighted by Gasteiger charge is 2.17. The average Bonchev–Trinajstić information content (AvgIpc) is 2.55. The number of rotatable bonds is 5. The molecule has 0 atom stereocenters. The normalized spacial score (nSPS) is 16.0. The summed E-state index contributed by atoms with van der Waals surface area (Å²) in [5, 5.41) is 3.00. The predicted octanol–water partition coefficient (Wildman–Crippen LogP) is 3.38. The molecule has 0 spiro atoms. The summed E-state index contributed by atoms with van der Waals surface area (Å²) in [5.41, 5.74) is 0.976. The number of benzene rings is 1. The van der Waals surface area contributed by atoms with E-state index in [1.165, 1.54) is 6.42 Å². The van der Waals surface area contributed by atoms with Crippen molar-refractivity contribution in [1.82, 2.24) is 4.90 Å². The molecule has 1 fully saturated rings. The summed E-state index contributed by atoms with van der Waals surface area (Å²) >= 11 is 0. The Morgan fingerprint density at radius 1 is 1.17 bits per heavy atom. The first-order valence-electron chi connectivity index (χ1n) is 8.32. The maximum Gasteiger partial charge on any atom is 0.198 e. The smallest absolute Gasteiger partial charge is 0.198 e. The summed E-state index contributed by atoms with van der Waals surface area (Å²) < 4.78 is 23.9. The van der Waals surface area contributed by atoms with Gasteiger partial charge in [0.1, 0.15) is 0 Å². The minimum absolute atomic E-state index is 0. The van der Waals surface area contributed by atoms with Gasteiger partial charge < -0.3 is 10.2 Å². The lowest BCUT2D eigenvalue weighted by Crippen LogP contribution is -2.40. The minimum Gasteiger partial charge on any atom is -0.343 e. The van der Waals surface area contributed by atoms with Crippen molar-refractivity contribution in [2.75, 3.05) is 30.7 Å². The van der Waals surface area contributed by atoms with Crippen molar-refractivity contribution in [1.29, 1.82) is 0 Å². The first kappa shape index (κ1) is 21.2. The van der Waals surface area contributed by atoms with Crippen LogP contribution in [0.15, 0.2) is 35.3 Å². The highest BCUT2D eigenvalue weighted by molar-refractivity contribution is 14.0. The van der Waals surface area contributed by atoms with E-state index in [0.29, 0.717) is 6.54 Å². The van der Waals surface area contributed by atoms with E-state index in [4.69, 9.17) is 0 Å². The molecule has 1 saturated heterocycles. The monoisotopic (exact) mass is 465 g/mol. The number of guanidine groups is 1. The van der Waals surface area contributed by atoms with Gasteiger partial charge in [0.2, 0.25) is 0 Å². The zero-order valence-electron chi connectivity index (χ0n) is 14.4. The van der Waals surface area contributed by atoms with Gasteiger partial charge >= 0.3 is 0 Å². The number of nitrogens with zero attached hydrogens (tertiary/aromatic N) is 2. The molecule has 0 saturated carbocycles. The zero-order chi connectivity index (χ0) is 16.7. The second-order valence-corrected chi connectivity index (χ2v) is 8.84. The zero-order valence-corrected chi connectivity index (χ0v) is 17.6. The number of para-hydroxylation sites is 1. The third kappa shape index (κ3) is 6.58. The minimum atomic E-state index is -3.05. The largest absolute Gasteiger partial charge is 0.343 e. The van der Waals surface area contributed by atoms with Crippen LogP contribution in [-0.4, -0.2) is 49.9 Å². The Balaban J connectivity index is 0.00000288. The van der Waals surface area contributed by atoms with Crippen LogP contribution in [0.5, 0.6) is 0 Å². The van der Waals surface area contributed by atoms with Crippen LogP contribution in [0.4, 0.5) is 5.69 Å². The quantitative estimate of drug-likeness (QED) is 0.412. The standard InChI is InChI=1S/C17H27N3O2S.HI/c1-15(2)23(21,22)14-11-18-17(20-12-7-4-8-13-20)19-16-9-5-3-6-10-16;/h3,5-6,9-10,15H,4,7-8,11-14H2,1-2H3,(H,18,19);1H. The Kier molecular flexibility index (Phi) is 9.04. The molecule has 1 aliphatic rings. The number of likely N-dealkylation sites (tertiary alicyclic amines) is 1. The third-order valence-corrected chi connectivity index (χ3v) is 6.23. The molecule has 0 bridgehead atoms. The van der Waals surface area contributed by atoms with Gasteiger partial charge in [0.05, 0.1) is 17.5 Å². The molecule has 5 nitrogen and oxygen atoms in total. The lowest BCUT2D eigenvalue weighted by atomic mass is 10.1. The summed E-state index contributed by atoms with van der Waals surface area (Å²) in [5.74, 6) is 0.883. The Morgan fingerprint density at radius 3 is 2.38 bits per heavy atom. The molecule has 0 unspecified atom stereocenters. The summed E-state index contributed by atoms with van der Waals surface area (Å²) in [6.07, 6.45) is 3.55. The number of aliphatic imine (C=N–C) groups is 1. The number of nitrogens with one attached hydrogen (secondary N) is 1.